The summed E-state index contributed by atoms with van der Waals surface area (Å²) in [6.07, 6.45) is 9.97. The van der Waals surface area contributed by atoms with Crippen LogP contribution in [-0.4, -0.2) is 0 Å². The van der Waals surface area contributed by atoms with E-state index in [-0.39, 0.29) is 0 Å². The van der Waals surface area contributed by atoms with Crippen molar-refractivity contribution < 1.29 is 0 Å². The zero-order chi connectivity index (χ0) is 27.6. The van der Waals surface area contributed by atoms with Gasteiger partial charge >= 0.3 is 0 Å². The van der Waals surface area contributed by atoms with Gasteiger partial charge in [-0.25, -0.2) is 0 Å². The second-order valence-corrected chi connectivity index (χ2v) is 11.6. The Kier molecular flexibility index (Phi) is 5.41. The van der Waals surface area contributed by atoms with Crippen LogP contribution in [0.15, 0.2) is 133 Å². The van der Waals surface area contributed by atoms with Crippen molar-refractivity contribution in [1.29, 1.82) is 0 Å². The molecule has 3 aliphatic rings. The highest BCUT2D eigenvalue weighted by atomic mass is 14.5. The molecule has 3 aliphatic carbocycles. The molecule has 0 aliphatic heterocycles. The molecule has 0 heterocycles. The standard InChI is InChI=1S/C41H32/c1-3-28-14-6-10-20-37(28)41(36-19-9-4-13-27(36)2)38-21-11-8-17-34(38)40-33(18-12-22-39(40)41)31-24-23-30-25-29-15-5-7-16-32(29)35(30)26-31/h3-7,9-16,18-24,26H,1,8,17,25H2,2H3. The van der Waals surface area contributed by atoms with Crippen molar-refractivity contribution in [3.63, 3.8) is 0 Å². The van der Waals surface area contributed by atoms with Crippen LogP contribution in [0.5, 0.6) is 0 Å². The van der Waals surface area contributed by atoms with E-state index < -0.39 is 5.41 Å². The fourth-order valence-electron chi connectivity index (χ4n) is 7.88. The molecule has 1 unspecified atom stereocenters. The number of hydrogen-bond donors (Lipinski definition) is 0. The maximum absolute atomic E-state index is 4.25. The van der Waals surface area contributed by atoms with Gasteiger partial charge in [-0.1, -0.05) is 128 Å². The zero-order valence-electron chi connectivity index (χ0n) is 23.5. The van der Waals surface area contributed by atoms with Gasteiger partial charge in [-0.2, -0.15) is 0 Å². The van der Waals surface area contributed by atoms with Crippen molar-refractivity contribution in [3.8, 4) is 22.3 Å². The largest absolute Gasteiger partial charge is 0.0985 e. The van der Waals surface area contributed by atoms with Gasteiger partial charge in [0.15, 0.2) is 0 Å². The Morgan fingerprint density at radius 3 is 2.29 bits per heavy atom. The Bertz CT molecular complexity index is 1950. The highest BCUT2D eigenvalue weighted by molar-refractivity contribution is 5.96. The maximum Gasteiger partial charge on any atom is 0.0718 e. The molecule has 196 valence electrons. The summed E-state index contributed by atoms with van der Waals surface area (Å²) in [5.41, 5.74) is 18.7. The van der Waals surface area contributed by atoms with E-state index >= 15 is 0 Å². The van der Waals surface area contributed by atoms with Crippen LogP contribution in [0.1, 0.15) is 57.3 Å². The fraction of sp³-hybridized carbons (Fsp3) is 0.122. The molecule has 0 saturated carbocycles. The molecule has 0 N–H and O–H groups in total. The van der Waals surface area contributed by atoms with E-state index in [0.717, 1.165) is 19.3 Å². The topological polar surface area (TPSA) is 0 Å². The van der Waals surface area contributed by atoms with Gasteiger partial charge in [-0.15, -0.1) is 0 Å². The monoisotopic (exact) mass is 524 g/mol. The van der Waals surface area contributed by atoms with Crippen molar-refractivity contribution in [2.24, 2.45) is 0 Å². The Labute approximate surface area is 243 Å². The normalized spacial score (nSPS) is 18.1. The van der Waals surface area contributed by atoms with Crippen molar-refractivity contribution in [3.05, 3.63) is 178 Å². The molecule has 0 heteroatoms. The van der Waals surface area contributed by atoms with Gasteiger partial charge in [0, 0.05) is 0 Å². The number of allylic oxidation sites excluding steroid dienone is 4. The van der Waals surface area contributed by atoms with Gasteiger partial charge < -0.3 is 0 Å². The summed E-state index contributed by atoms with van der Waals surface area (Å²) >= 11 is 0. The number of fused-ring (bicyclic) bond motifs is 5. The first-order valence-electron chi connectivity index (χ1n) is 14.8. The lowest BCUT2D eigenvalue weighted by Gasteiger charge is -2.37. The predicted molar refractivity (Wildman–Crippen MR) is 173 cm³/mol. The molecule has 0 amide bonds. The first-order valence-corrected chi connectivity index (χ1v) is 14.8. The van der Waals surface area contributed by atoms with Gasteiger partial charge in [0.25, 0.3) is 0 Å². The molecule has 1 atom stereocenters. The van der Waals surface area contributed by atoms with Gasteiger partial charge in [-0.3, -0.25) is 0 Å². The van der Waals surface area contributed by atoms with Crippen LogP contribution < -0.4 is 0 Å². The fourth-order valence-corrected chi connectivity index (χ4v) is 7.88. The van der Waals surface area contributed by atoms with E-state index in [4.69, 9.17) is 0 Å². The average molecular weight is 525 g/mol. The molecule has 0 saturated heterocycles. The molecule has 0 radical (unpaired) electrons. The van der Waals surface area contributed by atoms with Crippen molar-refractivity contribution in [2.75, 3.05) is 0 Å². The second kappa shape index (κ2) is 9.18. The number of hydrogen-bond acceptors (Lipinski definition) is 0. The molecule has 5 aromatic rings. The summed E-state index contributed by atoms with van der Waals surface area (Å²) in [7, 11) is 0. The van der Waals surface area contributed by atoms with Crippen LogP contribution >= 0.6 is 0 Å². The van der Waals surface area contributed by atoms with Crippen molar-refractivity contribution >= 4 is 11.6 Å². The molecule has 0 spiro atoms. The molecule has 5 aromatic carbocycles. The third-order valence-corrected chi connectivity index (χ3v) is 9.59. The number of rotatable bonds is 4. The molecule has 0 bridgehead atoms. The van der Waals surface area contributed by atoms with Crippen LogP contribution in [0.4, 0.5) is 0 Å². The minimum absolute atomic E-state index is 0.406. The van der Waals surface area contributed by atoms with Gasteiger partial charge in [0.1, 0.15) is 0 Å². The zero-order valence-corrected chi connectivity index (χ0v) is 23.5. The van der Waals surface area contributed by atoms with Crippen molar-refractivity contribution in [1.82, 2.24) is 0 Å². The van der Waals surface area contributed by atoms with Crippen LogP contribution in [0.2, 0.25) is 0 Å². The van der Waals surface area contributed by atoms with Crippen molar-refractivity contribution in [2.45, 2.75) is 31.6 Å². The second-order valence-electron chi connectivity index (χ2n) is 11.6. The van der Waals surface area contributed by atoms with Gasteiger partial charge in [0.05, 0.1) is 5.41 Å². The summed E-state index contributed by atoms with van der Waals surface area (Å²) in [6.45, 7) is 6.52. The average Bonchev–Trinajstić information content (AvgIpc) is 3.55. The summed E-state index contributed by atoms with van der Waals surface area (Å²) in [4.78, 5) is 0. The van der Waals surface area contributed by atoms with Gasteiger partial charge in [-0.05, 0) is 110 Å². The van der Waals surface area contributed by atoms with E-state index in [0.29, 0.717) is 0 Å². The Morgan fingerprint density at radius 1 is 0.683 bits per heavy atom. The molecule has 0 nitrogen and oxygen atoms in total. The SMILES string of the molecule is C=Cc1ccccc1C1(c2ccccc2C)C2=C(CCC=C2)c2c(-c3ccc4c(c3)-c3ccccc3C4)cccc21. The minimum Gasteiger partial charge on any atom is -0.0985 e. The highest BCUT2D eigenvalue weighted by Crippen LogP contribution is 2.60. The lowest BCUT2D eigenvalue weighted by atomic mass is 9.64. The third kappa shape index (κ3) is 3.34. The van der Waals surface area contributed by atoms with E-state index in [1.165, 1.54) is 77.9 Å². The van der Waals surface area contributed by atoms with E-state index in [1.54, 1.807) is 0 Å². The summed E-state index contributed by atoms with van der Waals surface area (Å²) in [6, 6.07) is 40.9. The first kappa shape index (κ1) is 24.1. The van der Waals surface area contributed by atoms with E-state index in [2.05, 4.69) is 135 Å². The molecular weight excluding hydrogens is 492 g/mol. The minimum atomic E-state index is -0.406. The Balaban J connectivity index is 1.46. The first-order chi connectivity index (χ1) is 20.2. The van der Waals surface area contributed by atoms with Crippen LogP contribution in [0.3, 0.4) is 0 Å². The predicted octanol–water partition coefficient (Wildman–Crippen LogP) is 10.3. The Hall–Kier alpha value is -4.68. The number of benzene rings is 5. The van der Waals surface area contributed by atoms with Crippen LogP contribution in [0.25, 0.3) is 33.9 Å². The van der Waals surface area contributed by atoms with Gasteiger partial charge in [0.2, 0.25) is 0 Å². The van der Waals surface area contributed by atoms with Crippen LogP contribution in [0, 0.1) is 6.92 Å². The third-order valence-electron chi connectivity index (χ3n) is 9.59. The van der Waals surface area contributed by atoms with Crippen LogP contribution in [-0.2, 0) is 11.8 Å². The summed E-state index contributed by atoms with van der Waals surface area (Å²) in [5.74, 6) is 0. The molecular formula is C41H32. The smallest absolute Gasteiger partial charge is 0.0718 e. The van der Waals surface area contributed by atoms with E-state index in [9.17, 15) is 0 Å². The molecule has 0 aromatic heterocycles. The summed E-state index contributed by atoms with van der Waals surface area (Å²) in [5, 5.41) is 0. The molecule has 8 rings (SSSR count). The molecule has 0 fully saturated rings. The Morgan fingerprint density at radius 2 is 1.41 bits per heavy atom. The number of aryl methyl sites for hydroxylation is 1. The highest BCUT2D eigenvalue weighted by Gasteiger charge is 2.49. The lowest BCUT2D eigenvalue weighted by molar-refractivity contribution is 0.748. The molecule has 41 heavy (non-hydrogen) atoms. The van der Waals surface area contributed by atoms with E-state index in [1.807, 2.05) is 6.08 Å². The summed E-state index contributed by atoms with van der Waals surface area (Å²) < 4.78 is 0. The maximum atomic E-state index is 4.25. The lowest BCUT2D eigenvalue weighted by Crippen LogP contribution is -2.31. The quantitative estimate of drug-likeness (QED) is 0.215.